The van der Waals surface area contributed by atoms with E-state index in [0.29, 0.717) is 10.8 Å². The fourth-order valence-corrected chi connectivity index (χ4v) is 1.68. The van der Waals surface area contributed by atoms with Crippen LogP contribution in [-0.4, -0.2) is 5.33 Å². The van der Waals surface area contributed by atoms with Crippen molar-refractivity contribution in [2.24, 2.45) is 16.7 Å². The molecule has 0 aliphatic heterocycles. The van der Waals surface area contributed by atoms with E-state index in [9.17, 15) is 0 Å². The third kappa shape index (κ3) is 3.93. The van der Waals surface area contributed by atoms with Crippen molar-refractivity contribution in [2.75, 3.05) is 5.33 Å². The zero-order valence-corrected chi connectivity index (χ0v) is 11.0. The predicted octanol–water partition coefficient (Wildman–Crippen LogP) is 4.48. The minimum absolute atomic E-state index is 0.424. The lowest BCUT2D eigenvalue weighted by molar-refractivity contribution is 0.155. The first-order chi connectivity index (χ1) is 5.21. The molecule has 0 saturated heterocycles. The molecule has 0 rings (SSSR count). The molecule has 0 bridgehead atoms. The van der Waals surface area contributed by atoms with E-state index >= 15 is 0 Å². The molecule has 0 aliphatic rings. The summed E-state index contributed by atoms with van der Waals surface area (Å²) >= 11 is 3.57. The summed E-state index contributed by atoms with van der Waals surface area (Å²) in [6.07, 6.45) is 1.28. The van der Waals surface area contributed by atoms with Crippen molar-refractivity contribution in [1.82, 2.24) is 0 Å². The van der Waals surface area contributed by atoms with Crippen LogP contribution in [0.15, 0.2) is 0 Å². The number of alkyl halides is 1. The van der Waals surface area contributed by atoms with Crippen LogP contribution in [0.4, 0.5) is 0 Å². The Bertz CT molecular complexity index is 134. The van der Waals surface area contributed by atoms with Crippen molar-refractivity contribution in [3.63, 3.8) is 0 Å². The van der Waals surface area contributed by atoms with Crippen LogP contribution in [0.1, 0.15) is 48.0 Å². The highest BCUT2D eigenvalue weighted by molar-refractivity contribution is 9.09. The van der Waals surface area contributed by atoms with Crippen LogP contribution in [0.25, 0.3) is 0 Å². The fraction of sp³-hybridized carbons (Fsp3) is 1.00. The summed E-state index contributed by atoms with van der Waals surface area (Å²) in [7, 11) is 0. The van der Waals surface area contributed by atoms with Crippen molar-refractivity contribution < 1.29 is 0 Å². The van der Waals surface area contributed by atoms with Gasteiger partial charge in [-0.25, -0.2) is 0 Å². The maximum atomic E-state index is 3.57. The first-order valence-electron chi connectivity index (χ1n) is 4.77. The van der Waals surface area contributed by atoms with Gasteiger partial charge in [-0.15, -0.1) is 0 Å². The molecule has 0 saturated carbocycles. The van der Waals surface area contributed by atoms with Crippen molar-refractivity contribution in [1.29, 1.82) is 0 Å². The van der Waals surface area contributed by atoms with Gasteiger partial charge in [0.1, 0.15) is 0 Å². The monoisotopic (exact) mass is 234 g/mol. The molecular weight excluding hydrogens is 212 g/mol. The molecule has 12 heavy (non-hydrogen) atoms. The van der Waals surface area contributed by atoms with Crippen LogP contribution in [0.3, 0.4) is 0 Å². The van der Waals surface area contributed by atoms with E-state index in [2.05, 4.69) is 57.5 Å². The lowest BCUT2D eigenvalue weighted by Gasteiger charge is -2.37. The molecule has 1 heteroatoms. The van der Waals surface area contributed by atoms with Crippen LogP contribution in [0.2, 0.25) is 0 Å². The van der Waals surface area contributed by atoms with E-state index < -0.39 is 0 Å². The average Bonchev–Trinajstić information content (AvgIpc) is 1.85. The SMILES string of the molecule is CC(C)C(C)(C)CC(C)(C)CBr. The molecule has 0 fully saturated rings. The second-order valence-corrected chi connectivity index (χ2v) is 6.18. The molecule has 0 unspecified atom stereocenters. The molecule has 0 N–H and O–H groups in total. The van der Waals surface area contributed by atoms with E-state index in [1.54, 1.807) is 0 Å². The maximum Gasteiger partial charge on any atom is 0.00828 e. The summed E-state index contributed by atoms with van der Waals surface area (Å²) in [5, 5.41) is 1.09. The molecule has 0 aromatic rings. The van der Waals surface area contributed by atoms with Gasteiger partial charge in [0, 0.05) is 5.33 Å². The van der Waals surface area contributed by atoms with Gasteiger partial charge in [-0.3, -0.25) is 0 Å². The van der Waals surface area contributed by atoms with E-state index in [4.69, 9.17) is 0 Å². The van der Waals surface area contributed by atoms with Gasteiger partial charge >= 0.3 is 0 Å². The Kier molecular flexibility index (Phi) is 4.29. The van der Waals surface area contributed by atoms with Crippen molar-refractivity contribution in [3.05, 3.63) is 0 Å². The highest BCUT2D eigenvalue weighted by Gasteiger charge is 2.30. The lowest BCUT2D eigenvalue weighted by atomic mass is 9.70. The lowest BCUT2D eigenvalue weighted by Crippen LogP contribution is -2.28. The molecule has 0 amide bonds. The summed E-state index contributed by atoms with van der Waals surface area (Å²) in [4.78, 5) is 0. The first-order valence-corrected chi connectivity index (χ1v) is 5.89. The minimum Gasteiger partial charge on any atom is -0.0922 e. The first kappa shape index (κ1) is 12.5. The van der Waals surface area contributed by atoms with Crippen LogP contribution >= 0.6 is 15.9 Å². The van der Waals surface area contributed by atoms with Gasteiger partial charge in [0.2, 0.25) is 0 Å². The van der Waals surface area contributed by atoms with Crippen molar-refractivity contribution >= 4 is 15.9 Å². The zero-order chi connectivity index (χ0) is 9.99. The van der Waals surface area contributed by atoms with Crippen molar-refractivity contribution in [2.45, 2.75) is 48.0 Å². The second kappa shape index (κ2) is 4.13. The second-order valence-electron chi connectivity index (χ2n) is 5.62. The Morgan fingerprint density at radius 2 is 1.50 bits per heavy atom. The van der Waals surface area contributed by atoms with Crippen LogP contribution < -0.4 is 0 Å². The smallest absolute Gasteiger partial charge is 0.00828 e. The number of rotatable bonds is 4. The molecule has 0 aromatic heterocycles. The molecular formula is C11H23Br. The molecule has 0 atom stereocenters. The summed E-state index contributed by atoms with van der Waals surface area (Å²) in [6.45, 7) is 14.0. The van der Waals surface area contributed by atoms with E-state index in [1.807, 2.05) is 0 Å². The molecule has 0 radical (unpaired) electrons. The standard InChI is InChI=1S/C11H23Br/c1-9(2)11(5,6)7-10(3,4)8-12/h9H,7-8H2,1-6H3. The van der Waals surface area contributed by atoms with Crippen molar-refractivity contribution in [3.8, 4) is 0 Å². The Balaban J connectivity index is 4.23. The van der Waals surface area contributed by atoms with Gasteiger partial charge < -0.3 is 0 Å². The predicted molar refractivity (Wildman–Crippen MR) is 60.8 cm³/mol. The summed E-state index contributed by atoms with van der Waals surface area (Å²) in [6, 6.07) is 0. The fourth-order valence-electron chi connectivity index (χ4n) is 1.48. The third-order valence-electron chi connectivity index (χ3n) is 2.86. The zero-order valence-electron chi connectivity index (χ0n) is 9.37. The van der Waals surface area contributed by atoms with Crippen LogP contribution in [0, 0.1) is 16.7 Å². The Hall–Kier alpha value is 0.480. The van der Waals surface area contributed by atoms with E-state index in [0.717, 1.165) is 11.2 Å². The minimum atomic E-state index is 0.424. The third-order valence-corrected chi connectivity index (χ3v) is 4.38. The summed E-state index contributed by atoms with van der Waals surface area (Å²) in [5.74, 6) is 0.760. The largest absolute Gasteiger partial charge is 0.0922 e. The summed E-state index contributed by atoms with van der Waals surface area (Å²) in [5.41, 5.74) is 0.880. The van der Waals surface area contributed by atoms with Gasteiger partial charge in [-0.1, -0.05) is 57.5 Å². The molecule has 0 heterocycles. The molecule has 0 aliphatic carbocycles. The normalized spacial score (nSPS) is 14.0. The number of hydrogen-bond acceptors (Lipinski definition) is 0. The molecule has 0 nitrogen and oxygen atoms in total. The molecule has 74 valence electrons. The average molecular weight is 235 g/mol. The molecule has 0 aromatic carbocycles. The Labute approximate surface area is 86.3 Å². The topological polar surface area (TPSA) is 0 Å². The van der Waals surface area contributed by atoms with Gasteiger partial charge in [-0.2, -0.15) is 0 Å². The molecule has 0 spiro atoms. The number of halogens is 1. The van der Waals surface area contributed by atoms with Crippen LogP contribution in [-0.2, 0) is 0 Å². The van der Waals surface area contributed by atoms with Crippen LogP contribution in [0.5, 0.6) is 0 Å². The Morgan fingerprint density at radius 1 is 1.08 bits per heavy atom. The quantitative estimate of drug-likeness (QED) is 0.630. The number of hydrogen-bond donors (Lipinski definition) is 0. The Morgan fingerprint density at radius 3 is 1.75 bits per heavy atom. The van der Waals surface area contributed by atoms with Gasteiger partial charge in [-0.05, 0) is 23.2 Å². The van der Waals surface area contributed by atoms with Gasteiger partial charge in [0.25, 0.3) is 0 Å². The maximum absolute atomic E-state index is 3.57. The highest BCUT2D eigenvalue weighted by Crippen LogP contribution is 2.39. The van der Waals surface area contributed by atoms with E-state index in [-0.39, 0.29) is 0 Å². The van der Waals surface area contributed by atoms with Gasteiger partial charge in [0.05, 0.1) is 0 Å². The van der Waals surface area contributed by atoms with Gasteiger partial charge in [0.15, 0.2) is 0 Å². The van der Waals surface area contributed by atoms with E-state index in [1.165, 1.54) is 6.42 Å². The highest BCUT2D eigenvalue weighted by atomic mass is 79.9. The summed E-state index contributed by atoms with van der Waals surface area (Å²) < 4.78 is 0.